The lowest BCUT2D eigenvalue weighted by molar-refractivity contribution is -0.131. The Morgan fingerprint density at radius 2 is 1.83 bits per heavy atom. The Hall–Kier alpha value is -3.36. The van der Waals surface area contributed by atoms with Crippen LogP contribution in [0.5, 0.6) is 5.75 Å². The minimum atomic E-state index is -0.329. The number of fused-ring (bicyclic) bond motifs is 1. The van der Waals surface area contributed by atoms with E-state index in [2.05, 4.69) is 15.2 Å². The molecule has 0 radical (unpaired) electrons. The number of anilines is 1. The molecule has 1 fully saturated rings. The molecule has 0 saturated carbocycles. The zero-order chi connectivity index (χ0) is 21.3. The summed E-state index contributed by atoms with van der Waals surface area (Å²) in [5.41, 5.74) is 1.72. The monoisotopic (exact) mass is 411 g/mol. The van der Waals surface area contributed by atoms with Crippen LogP contribution in [-0.4, -0.2) is 59.0 Å². The minimum Gasteiger partial charge on any atom is -0.497 e. The summed E-state index contributed by atoms with van der Waals surface area (Å²) in [7, 11) is 1.65. The molecule has 9 nitrogen and oxygen atoms in total. The third-order valence-electron chi connectivity index (χ3n) is 5.54. The molecule has 1 amide bonds. The van der Waals surface area contributed by atoms with Gasteiger partial charge in [-0.2, -0.15) is 5.10 Å². The van der Waals surface area contributed by atoms with Crippen molar-refractivity contribution in [1.82, 2.24) is 19.8 Å². The number of rotatable bonds is 5. The summed E-state index contributed by atoms with van der Waals surface area (Å²) in [6.45, 7) is 6.60. The van der Waals surface area contributed by atoms with Crippen molar-refractivity contribution in [2.75, 3.05) is 38.2 Å². The zero-order valence-electron chi connectivity index (χ0n) is 17.4. The van der Waals surface area contributed by atoms with E-state index >= 15 is 0 Å². The molecule has 0 unspecified atom stereocenters. The van der Waals surface area contributed by atoms with Gasteiger partial charge in [0.1, 0.15) is 11.5 Å². The Labute approximate surface area is 173 Å². The number of amides is 1. The van der Waals surface area contributed by atoms with Crippen LogP contribution in [0.2, 0.25) is 0 Å². The molecule has 158 valence electrons. The van der Waals surface area contributed by atoms with Crippen LogP contribution in [0.1, 0.15) is 17.9 Å². The van der Waals surface area contributed by atoms with Gasteiger partial charge in [0, 0.05) is 38.3 Å². The van der Waals surface area contributed by atoms with Gasteiger partial charge in [-0.1, -0.05) is 5.16 Å². The number of carbonyl (C=O) groups is 1. The van der Waals surface area contributed by atoms with Crippen molar-refractivity contribution in [3.05, 3.63) is 46.1 Å². The first kappa shape index (κ1) is 19.9. The van der Waals surface area contributed by atoms with Gasteiger partial charge < -0.3 is 19.1 Å². The first-order valence-electron chi connectivity index (χ1n) is 9.98. The average Bonchev–Trinajstić information content (AvgIpc) is 3.17. The highest BCUT2D eigenvalue weighted by molar-refractivity contribution is 5.81. The summed E-state index contributed by atoms with van der Waals surface area (Å²) in [5.74, 6) is 1.42. The number of methoxy groups -OCH3 is 1. The number of hydrogen-bond acceptors (Lipinski definition) is 7. The Morgan fingerprint density at radius 1 is 1.13 bits per heavy atom. The van der Waals surface area contributed by atoms with E-state index in [-0.39, 0.29) is 29.9 Å². The Balaban J connectivity index is 1.36. The van der Waals surface area contributed by atoms with Crippen LogP contribution in [0.15, 0.2) is 33.6 Å². The average molecular weight is 411 g/mol. The van der Waals surface area contributed by atoms with E-state index in [4.69, 9.17) is 9.26 Å². The second-order valence-electron chi connectivity index (χ2n) is 7.39. The fourth-order valence-corrected chi connectivity index (χ4v) is 3.86. The lowest BCUT2D eigenvalue weighted by atomic mass is 10.2. The molecule has 9 heteroatoms. The summed E-state index contributed by atoms with van der Waals surface area (Å²) in [6, 6.07) is 7.93. The molecule has 1 saturated heterocycles. The normalized spacial score (nSPS) is 14.4. The third kappa shape index (κ3) is 3.74. The highest BCUT2D eigenvalue weighted by Gasteiger charge is 2.22. The van der Waals surface area contributed by atoms with Crippen molar-refractivity contribution >= 4 is 22.5 Å². The molecule has 2 aromatic heterocycles. The largest absolute Gasteiger partial charge is 0.497 e. The smallest absolute Gasteiger partial charge is 0.296 e. The van der Waals surface area contributed by atoms with Crippen LogP contribution in [0.3, 0.4) is 0 Å². The highest BCUT2D eigenvalue weighted by Crippen LogP contribution is 2.21. The third-order valence-corrected chi connectivity index (χ3v) is 5.54. The van der Waals surface area contributed by atoms with Crippen LogP contribution in [0.25, 0.3) is 10.9 Å². The van der Waals surface area contributed by atoms with Gasteiger partial charge in [0.2, 0.25) is 5.91 Å². The fraction of sp³-hybridized carbons (Fsp3) is 0.429. The molecule has 3 heterocycles. The van der Waals surface area contributed by atoms with E-state index in [0.717, 1.165) is 24.5 Å². The van der Waals surface area contributed by atoms with Crippen LogP contribution < -0.4 is 15.2 Å². The van der Waals surface area contributed by atoms with Gasteiger partial charge >= 0.3 is 0 Å². The van der Waals surface area contributed by atoms with Crippen molar-refractivity contribution in [3.63, 3.8) is 0 Å². The number of piperazine rings is 1. The highest BCUT2D eigenvalue weighted by atomic mass is 16.5. The molecule has 1 aliphatic rings. The summed E-state index contributed by atoms with van der Waals surface area (Å²) in [6.07, 6.45) is 0.219. The molecule has 1 aromatic carbocycles. The molecule has 0 atom stereocenters. The lowest BCUT2D eigenvalue weighted by Crippen LogP contribution is -2.49. The standard InChI is InChI=1S/C21H25N5O4/c1-14-19-15(2)30-23-20(19)21(28)26(22-14)9-8-18(27)25-12-10-24(11-13-25)16-4-6-17(29-3)7-5-16/h4-7H,8-13H2,1-3H3. The van der Waals surface area contributed by atoms with E-state index < -0.39 is 0 Å². The number of aromatic nitrogens is 3. The molecule has 3 aromatic rings. The van der Waals surface area contributed by atoms with Gasteiger partial charge in [-0.25, -0.2) is 4.68 Å². The van der Waals surface area contributed by atoms with Crippen LogP contribution in [0, 0.1) is 13.8 Å². The molecule has 0 N–H and O–H groups in total. The Kier molecular flexibility index (Phi) is 5.43. The van der Waals surface area contributed by atoms with Gasteiger partial charge in [-0.15, -0.1) is 0 Å². The molecule has 4 rings (SSSR count). The van der Waals surface area contributed by atoms with Crippen molar-refractivity contribution in [2.45, 2.75) is 26.8 Å². The number of hydrogen-bond donors (Lipinski definition) is 0. The van der Waals surface area contributed by atoms with E-state index in [1.165, 1.54) is 4.68 Å². The summed E-state index contributed by atoms with van der Waals surface area (Å²) in [5, 5.41) is 8.83. The van der Waals surface area contributed by atoms with Crippen molar-refractivity contribution < 1.29 is 14.1 Å². The van der Waals surface area contributed by atoms with E-state index in [1.807, 2.05) is 36.1 Å². The Morgan fingerprint density at radius 3 is 2.50 bits per heavy atom. The number of ether oxygens (including phenoxy) is 1. The van der Waals surface area contributed by atoms with Gasteiger partial charge in [0.15, 0.2) is 5.52 Å². The van der Waals surface area contributed by atoms with Gasteiger partial charge in [0.25, 0.3) is 5.56 Å². The number of benzene rings is 1. The van der Waals surface area contributed by atoms with Crippen LogP contribution >= 0.6 is 0 Å². The first-order chi connectivity index (χ1) is 14.5. The molecular formula is C21H25N5O4. The van der Waals surface area contributed by atoms with E-state index in [1.54, 1.807) is 14.0 Å². The molecule has 0 spiro atoms. The van der Waals surface area contributed by atoms with Gasteiger partial charge in [-0.3, -0.25) is 9.59 Å². The Bertz CT molecular complexity index is 1110. The molecular weight excluding hydrogens is 386 g/mol. The molecule has 0 aliphatic carbocycles. The number of carbonyl (C=O) groups excluding carboxylic acids is 1. The zero-order valence-corrected chi connectivity index (χ0v) is 17.4. The quantitative estimate of drug-likeness (QED) is 0.631. The maximum Gasteiger partial charge on any atom is 0.296 e. The first-order valence-corrected chi connectivity index (χ1v) is 9.98. The minimum absolute atomic E-state index is 0.0205. The van der Waals surface area contributed by atoms with E-state index in [0.29, 0.717) is 29.9 Å². The molecule has 30 heavy (non-hydrogen) atoms. The second kappa shape index (κ2) is 8.17. The summed E-state index contributed by atoms with van der Waals surface area (Å²) in [4.78, 5) is 29.3. The summed E-state index contributed by atoms with van der Waals surface area (Å²) >= 11 is 0. The van der Waals surface area contributed by atoms with Crippen molar-refractivity contribution in [1.29, 1.82) is 0 Å². The number of nitrogens with zero attached hydrogens (tertiary/aromatic N) is 5. The van der Waals surface area contributed by atoms with Crippen molar-refractivity contribution in [2.24, 2.45) is 0 Å². The maximum absolute atomic E-state index is 12.7. The molecule has 1 aliphatic heterocycles. The lowest BCUT2D eigenvalue weighted by Gasteiger charge is -2.36. The van der Waals surface area contributed by atoms with Crippen LogP contribution in [-0.2, 0) is 11.3 Å². The van der Waals surface area contributed by atoms with Crippen molar-refractivity contribution in [3.8, 4) is 5.75 Å². The number of aryl methyl sites for hydroxylation is 3. The fourth-order valence-electron chi connectivity index (χ4n) is 3.86. The van der Waals surface area contributed by atoms with E-state index in [9.17, 15) is 9.59 Å². The molecule has 0 bridgehead atoms. The van der Waals surface area contributed by atoms with Gasteiger partial charge in [0.05, 0.1) is 24.7 Å². The summed E-state index contributed by atoms with van der Waals surface area (Å²) < 4.78 is 11.6. The second-order valence-corrected chi connectivity index (χ2v) is 7.39. The predicted molar refractivity (Wildman–Crippen MR) is 112 cm³/mol. The predicted octanol–water partition coefficient (Wildman–Crippen LogP) is 1.75. The topological polar surface area (TPSA) is 93.7 Å². The maximum atomic E-state index is 12.7. The van der Waals surface area contributed by atoms with Gasteiger partial charge in [-0.05, 0) is 38.1 Å². The SMILES string of the molecule is COc1ccc(N2CCN(C(=O)CCn3nc(C)c4c(C)onc4c3=O)CC2)cc1. The van der Waals surface area contributed by atoms with Crippen LogP contribution in [0.4, 0.5) is 5.69 Å².